The predicted octanol–water partition coefficient (Wildman–Crippen LogP) is 3.60. The lowest BCUT2D eigenvalue weighted by Crippen LogP contribution is -2.12. The summed E-state index contributed by atoms with van der Waals surface area (Å²) in [5, 5.41) is 3.93. The molecule has 3 heterocycles. The van der Waals surface area contributed by atoms with Gasteiger partial charge in [0.15, 0.2) is 4.96 Å². The molecule has 0 spiro atoms. The molecule has 4 aromatic rings. The van der Waals surface area contributed by atoms with Crippen molar-refractivity contribution in [2.45, 2.75) is 10.8 Å². The fraction of sp³-hybridized carbons (Fsp3) is 0.0625. The van der Waals surface area contributed by atoms with Crippen LogP contribution in [0.4, 0.5) is 0 Å². The second-order valence-electron chi connectivity index (χ2n) is 4.77. The number of hydrogen-bond acceptors (Lipinski definition) is 5. The minimum Gasteiger partial charge on any atom is -0.269 e. The normalized spacial score (nSPS) is 11.3. The molecular formula is C16H11N3OS2. The SMILES string of the molecule is O=c1cc(CSc2ccc3ccccc3n2)nc2sccn12. The van der Waals surface area contributed by atoms with Crippen molar-refractivity contribution in [2.75, 3.05) is 0 Å². The largest absolute Gasteiger partial charge is 0.269 e. The maximum atomic E-state index is 12.0. The van der Waals surface area contributed by atoms with Crippen molar-refractivity contribution in [3.8, 4) is 0 Å². The number of thiazole rings is 1. The van der Waals surface area contributed by atoms with Crippen molar-refractivity contribution in [3.05, 3.63) is 70.1 Å². The zero-order valence-electron chi connectivity index (χ0n) is 11.5. The van der Waals surface area contributed by atoms with E-state index in [9.17, 15) is 4.79 Å². The number of benzene rings is 1. The Bertz CT molecular complexity index is 1020. The number of pyridine rings is 1. The molecule has 4 rings (SSSR count). The first kappa shape index (κ1) is 13.5. The lowest BCUT2D eigenvalue weighted by Gasteiger charge is -2.03. The first-order valence-electron chi connectivity index (χ1n) is 6.74. The highest BCUT2D eigenvalue weighted by atomic mass is 32.2. The lowest BCUT2D eigenvalue weighted by atomic mass is 10.2. The molecule has 108 valence electrons. The molecule has 0 saturated carbocycles. The van der Waals surface area contributed by atoms with E-state index in [1.807, 2.05) is 35.7 Å². The second-order valence-corrected chi connectivity index (χ2v) is 6.64. The molecule has 22 heavy (non-hydrogen) atoms. The molecule has 0 atom stereocenters. The average molecular weight is 325 g/mol. The third kappa shape index (κ3) is 2.51. The topological polar surface area (TPSA) is 47.3 Å². The molecule has 1 aromatic carbocycles. The fourth-order valence-electron chi connectivity index (χ4n) is 2.24. The Hall–Kier alpha value is -2.18. The van der Waals surface area contributed by atoms with E-state index in [4.69, 9.17) is 0 Å². The Morgan fingerprint density at radius 2 is 2.05 bits per heavy atom. The third-order valence-electron chi connectivity index (χ3n) is 3.30. The van der Waals surface area contributed by atoms with Crippen molar-refractivity contribution in [3.63, 3.8) is 0 Å². The maximum absolute atomic E-state index is 12.0. The van der Waals surface area contributed by atoms with Crippen LogP contribution in [0.2, 0.25) is 0 Å². The van der Waals surface area contributed by atoms with Crippen LogP contribution in [0, 0.1) is 0 Å². The minimum atomic E-state index is -0.0340. The molecule has 3 aromatic heterocycles. The van der Waals surface area contributed by atoms with Crippen molar-refractivity contribution < 1.29 is 0 Å². The van der Waals surface area contributed by atoms with Gasteiger partial charge < -0.3 is 0 Å². The van der Waals surface area contributed by atoms with E-state index in [2.05, 4.69) is 16.0 Å². The van der Waals surface area contributed by atoms with E-state index in [-0.39, 0.29) is 5.56 Å². The zero-order valence-corrected chi connectivity index (χ0v) is 13.1. The van der Waals surface area contributed by atoms with E-state index in [0.717, 1.165) is 26.6 Å². The van der Waals surface area contributed by atoms with Gasteiger partial charge in [0.1, 0.15) is 0 Å². The lowest BCUT2D eigenvalue weighted by molar-refractivity contribution is 1.04. The van der Waals surface area contributed by atoms with Crippen molar-refractivity contribution in [2.24, 2.45) is 0 Å². The Balaban J connectivity index is 1.60. The first-order chi connectivity index (χ1) is 10.8. The van der Waals surface area contributed by atoms with Crippen LogP contribution in [0.15, 0.2) is 63.9 Å². The second kappa shape index (κ2) is 5.55. The van der Waals surface area contributed by atoms with E-state index >= 15 is 0 Å². The number of para-hydroxylation sites is 1. The molecule has 0 N–H and O–H groups in total. The highest BCUT2D eigenvalue weighted by Gasteiger charge is 2.05. The van der Waals surface area contributed by atoms with Crippen LogP contribution in [0.3, 0.4) is 0 Å². The van der Waals surface area contributed by atoms with Crippen LogP contribution < -0.4 is 5.56 Å². The van der Waals surface area contributed by atoms with E-state index in [0.29, 0.717) is 5.75 Å². The van der Waals surface area contributed by atoms with Gasteiger partial charge >= 0.3 is 0 Å². The summed E-state index contributed by atoms with van der Waals surface area (Å²) in [6.07, 6.45) is 1.75. The standard InChI is InChI=1S/C16H11N3OS2/c20-15-9-12(17-16-19(15)7-8-21-16)10-22-14-6-5-11-3-1-2-4-13(11)18-14/h1-9H,10H2. The summed E-state index contributed by atoms with van der Waals surface area (Å²) in [6, 6.07) is 13.7. The molecule has 6 heteroatoms. The van der Waals surface area contributed by atoms with Crippen LogP contribution >= 0.6 is 23.1 Å². The summed E-state index contributed by atoms with van der Waals surface area (Å²) in [5.41, 5.74) is 1.73. The molecule has 0 amide bonds. The molecule has 0 bridgehead atoms. The summed E-state index contributed by atoms with van der Waals surface area (Å²) < 4.78 is 1.56. The van der Waals surface area contributed by atoms with Crippen LogP contribution in [0.5, 0.6) is 0 Å². The van der Waals surface area contributed by atoms with Crippen LogP contribution in [0.25, 0.3) is 15.9 Å². The van der Waals surface area contributed by atoms with Crippen molar-refractivity contribution >= 4 is 39.0 Å². The minimum absolute atomic E-state index is 0.0340. The molecule has 0 saturated heterocycles. The Kier molecular flexibility index (Phi) is 3.40. The van der Waals surface area contributed by atoms with Gasteiger partial charge in [0.25, 0.3) is 5.56 Å². The molecular weight excluding hydrogens is 314 g/mol. The molecule has 4 nitrogen and oxygen atoms in total. The van der Waals surface area contributed by atoms with Gasteiger partial charge in [0.05, 0.1) is 16.2 Å². The van der Waals surface area contributed by atoms with Gasteiger partial charge in [-0.1, -0.05) is 24.3 Å². The summed E-state index contributed by atoms with van der Waals surface area (Å²) in [7, 11) is 0. The number of hydrogen-bond donors (Lipinski definition) is 0. The quantitative estimate of drug-likeness (QED) is 0.540. The van der Waals surface area contributed by atoms with Gasteiger partial charge in [-0.15, -0.1) is 23.1 Å². The van der Waals surface area contributed by atoms with Gasteiger partial charge in [0.2, 0.25) is 0 Å². The number of rotatable bonds is 3. The predicted molar refractivity (Wildman–Crippen MR) is 90.6 cm³/mol. The van der Waals surface area contributed by atoms with Crippen LogP contribution in [0.1, 0.15) is 5.69 Å². The summed E-state index contributed by atoms with van der Waals surface area (Å²) in [4.78, 5) is 21.8. The van der Waals surface area contributed by atoms with E-state index in [1.54, 1.807) is 28.4 Å². The van der Waals surface area contributed by atoms with Crippen molar-refractivity contribution in [1.82, 2.24) is 14.4 Å². The van der Waals surface area contributed by atoms with Gasteiger partial charge in [0, 0.05) is 28.8 Å². The van der Waals surface area contributed by atoms with Crippen LogP contribution in [-0.2, 0) is 5.75 Å². The Morgan fingerprint density at radius 1 is 1.14 bits per heavy atom. The number of aromatic nitrogens is 3. The molecule has 0 aliphatic rings. The van der Waals surface area contributed by atoms with Gasteiger partial charge in [-0.05, 0) is 12.1 Å². The monoisotopic (exact) mass is 325 g/mol. The number of thioether (sulfide) groups is 1. The summed E-state index contributed by atoms with van der Waals surface area (Å²) >= 11 is 3.06. The molecule has 0 aliphatic carbocycles. The Morgan fingerprint density at radius 3 is 3.00 bits per heavy atom. The highest BCUT2D eigenvalue weighted by Crippen LogP contribution is 2.23. The molecule has 0 unspecified atom stereocenters. The van der Waals surface area contributed by atoms with Crippen molar-refractivity contribution in [1.29, 1.82) is 0 Å². The average Bonchev–Trinajstić information content (AvgIpc) is 3.02. The molecule has 0 radical (unpaired) electrons. The van der Waals surface area contributed by atoms with Gasteiger partial charge in [-0.25, -0.2) is 9.97 Å². The maximum Gasteiger partial charge on any atom is 0.258 e. The molecule has 0 fully saturated rings. The summed E-state index contributed by atoms with van der Waals surface area (Å²) in [5.74, 6) is 0.634. The van der Waals surface area contributed by atoms with Gasteiger partial charge in [-0.3, -0.25) is 9.20 Å². The van der Waals surface area contributed by atoms with Crippen LogP contribution in [-0.4, -0.2) is 14.4 Å². The van der Waals surface area contributed by atoms with Gasteiger partial charge in [-0.2, -0.15) is 0 Å². The van der Waals surface area contributed by atoms with E-state index < -0.39 is 0 Å². The number of fused-ring (bicyclic) bond motifs is 2. The third-order valence-corrected chi connectivity index (χ3v) is 5.02. The Labute approximate surface area is 134 Å². The molecule has 0 aliphatic heterocycles. The fourth-order valence-corrected chi connectivity index (χ4v) is 3.75. The number of nitrogens with zero attached hydrogens (tertiary/aromatic N) is 3. The highest BCUT2D eigenvalue weighted by molar-refractivity contribution is 7.98. The summed E-state index contributed by atoms with van der Waals surface area (Å²) in [6.45, 7) is 0. The van der Waals surface area contributed by atoms with E-state index in [1.165, 1.54) is 11.3 Å². The first-order valence-corrected chi connectivity index (χ1v) is 8.60. The smallest absolute Gasteiger partial charge is 0.258 e. The zero-order chi connectivity index (χ0) is 14.9.